The number of hydrogen-bond acceptors (Lipinski definition) is 5. The molecular weight excluding hydrogens is 332 g/mol. The highest BCUT2D eigenvalue weighted by Gasteiger charge is 2.18. The Kier molecular flexibility index (Phi) is 5.76. The Morgan fingerprint density at radius 2 is 1.96 bits per heavy atom. The first-order valence-corrected chi connectivity index (χ1v) is 7.54. The van der Waals surface area contributed by atoms with Crippen LogP contribution in [0.25, 0.3) is 0 Å². The van der Waals surface area contributed by atoms with Crippen molar-refractivity contribution in [3.63, 3.8) is 0 Å². The molecule has 0 fully saturated rings. The van der Waals surface area contributed by atoms with Gasteiger partial charge in [-0.1, -0.05) is 23.7 Å². The third kappa shape index (κ3) is 4.23. The fourth-order valence-electron chi connectivity index (χ4n) is 2.17. The van der Waals surface area contributed by atoms with Crippen LogP contribution in [0.3, 0.4) is 0 Å². The highest BCUT2D eigenvalue weighted by Crippen LogP contribution is 2.23. The summed E-state index contributed by atoms with van der Waals surface area (Å²) >= 11 is 5.99. The Morgan fingerprint density at radius 3 is 2.62 bits per heavy atom. The monoisotopic (exact) mass is 348 g/mol. The quantitative estimate of drug-likeness (QED) is 0.663. The Labute approximate surface area is 144 Å². The molecule has 7 heteroatoms. The fourth-order valence-corrected chi connectivity index (χ4v) is 2.53. The molecular formula is C17H17ClN2O4. The molecule has 1 heterocycles. The summed E-state index contributed by atoms with van der Waals surface area (Å²) in [5, 5.41) is 2.67. The number of nitrogens with zero attached hydrogens (tertiary/aromatic N) is 1. The maximum Gasteiger partial charge on any atom is 0.342 e. The number of halogens is 1. The van der Waals surface area contributed by atoms with Gasteiger partial charge >= 0.3 is 5.97 Å². The van der Waals surface area contributed by atoms with Crippen molar-refractivity contribution in [2.24, 2.45) is 0 Å². The molecule has 1 N–H and O–H groups in total. The van der Waals surface area contributed by atoms with Crippen molar-refractivity contribution in [2.45, 2.75) is 13.8 Å². The normalized spacial score (nSPS) is 10.2. The van der Waals surface area contributed by atoms with Gasteiger partial charge in [-0.25, -0.2) is 9.78 Å². The number of para-hydroxylation sites is 2. The van der Waals surface area contributed by atoms with Crippen LogP contribution in [0.4, 0.5) is 5.69 Å². The summed E-state index contributed by atoms with van der Waals surface area (Å²) in [6.45, 7) is 3.06. The van der Waals surface area contributed by atoms with Gasteiger partial charge < -0.3 is 14.8 Å². The number of carbonyl (C=O) groups excluding carboxylic acids is 2. The molecule has 0 aliphatic rings. The molecule has 126 valence electrons. The smallest absolute Gasteiger partial charge is 0.342 e. The number of carbonyl (C=O) groups is 2. The molecule has 0 saturated heterocycles. The number of hydrogen-bond donors (Lipinski definition) is 1. The predicted octanol–water partition coefficient (Wildman–Crippen LogP) is 3.16. The first kappa shape index (κ1) is 17.7. The second-order valence-electron chi connectivity index (χ2n) is 5.07. The van der Waals surface area contributed by atoms with E-state index in [2.05, 4.69) is 10.3 Å². The van der Waals surface area contributed by atoms with E-state index in [1.807, 2.05) is 0 Å². The van der Waals surface area contributed by atoms with Crippen LogP contribution in [0.2, 0.25) is 5.15 Å². The van der Waals surface area contributed by atoms with E-state index in [0.29, 0.717) is 22.7 Å². The molecule has 0 radical (unpaired) electrons. The molecule has 1 aromatic carbocycles. The number of anilines is 1. The number of methoxy groups -OCH3 is 1. The van der Waals surface area contributed by atoms with Gasteiger partial charge in [0.15, 0.2) is 6.61 Å². The number of nitrogens with one attached hydrogen (secondary N) is 1. The van der Waals surface area contributed by atoms with E-state index >= 15 is 0 Å². The summed E-state index contributed by atoms with van der Waals surface area (Å²) in [6.07, 6.45) is 0. The third-order valence-corrected chi connectivity index (χ3v) is 3.49. The molecule has 24 heavy (non-hydrogen) atoms. The second kappa shape index (κ2) is 7.79. The minimum absolute atomic E-state index is 0.0580. The SMILES string of the molecule is COc1ccccc1NC(=O)COC(=O)c1c(C)cc(C)nc1Cl. The minimum atomic E-state index is -0.694. The van der Waals surface area contributed by atoms with Crippen molar-refractivity contribution >= 4 is 29.2 Å². The summed E-state index contributed by atoms with van der Waals surface area (Å²) in [7, 11) is 1.50. The highest BCUT2D eigenvalue weighted by molar-refractivity contribution is 6.32. The van der Waals surface area contributed by atoms with Crippen LogP contribution in [0, 0.1) is 13.8 Å². The lowest BCUT2D eigenvalue weighted by atomic mass is 10.1. The van der Waals surface area contributed by atoms with E-state index in [9.17, 15) is 9.59 Å². The van der Waals surface area contributed by atoms with E-state index in [4.69, 9.17) is 21.1 Å². The molecule has 1 amide bonds. The van der Waals surface area contributed by atoms with Crippen LogP contribution >= 0.6 is 11.6 Å². The van der Waals surface area contributed by atoms with Crippen molar-refractivity contribution in [3.05, 3.63) is 52.3 Å². The number of rotatable bonds is 5. The summed E-state index contributed by atoms with van der Waals surface area (Å²) < 4.78 is 10.2. The standard InChI is InChI=1S/C17H17ClN2O4/c1-10-8-11(2)19-16(18)15(10)17(22)24-9-14(21)20-12-6-4-5-7-13(12)23-3/h4-8H,9H2,1-3H3,(H,20,21). The summed E-state index contributed by atoms with van der Waals surface area (Å²) in [5.41, 5.74) is 1.99. The summed E-state index contributed by atoms with van der Waals surface area (Å²) in [5.74, 6) is -0.666. The van der Waals surface area contributed by atoms with Crippen LogP contribution < -0.4 is 10.1 Å². The van der Waals surface area contributed by atoms with E-state index in [0.717, 1.165) is 0 Å². The van der Waals surface area contributed by atoms with Crippen molar-refractivity contribution in [2.75, 3.05) is 19.0 Å². The van der Waals surface area contributed by atoms with Crippen molar-refractivity contribution in [1.29, 1.82) is 0 Å². The number of pyridine rings is 1. The summed E-state index contributed by atoms with van der Waals surface area (Å²) in [4.78, 5) is 28.1. The van der Waals surface area contributed by atoms with Crippen molar-refractivity contribution < 1.29 is 19.1 Å². The maximum absolute atomic E-state index is 12.1. The van der Waals surface area contributed by atoms with E-state index in [1.165, 1.54) is 7.11 Å². The van der Waals surface area contributed by atoms with Gasteiger partial charge in [0, 0.05) is 5.69 Å². The maximum atomic E-state index is 12.1. The molecule has 0 bridgehead atoms. The second-order valence-corrected chi connectivity index (χ2v) is 5.43. The zero-order valence-electron chi connectivity index (χ0n) is 13.6. The van der Waals surface area contributed by atoms with Crippen molar-refractivity contribution in [1.82, 2.24) is 4.98 Å². The molecule has 6 nitrogen and oxygen atoms in total. The van der Waals surface area contributed by atoms with E-state index < -0.39 is 18.5 Å². The first-order chi connectivity index (χ1) is 11.4. The Morgan fingerprint density at radius 1 is 1.25 bits per heavy atom. The molecule has 0 saturated carbocycles. The Hall–Kier alpha value is -2.60. The largest absolute Gasteiger partial charge is 0.495 e. The molecule has 0 aliphatic carbocycles. The van der Waals surface area contributed by atoms with E-state index in [1.54, 1.807) is 44.2 Å². The average Bonchev–Trinajstić information content (AvgIpc) is 2.52. The van der Waals surface area contributed by atoms with E-state index in [-0.39, 0.29) is 10.7 Å². The predicted molar refractivity (Wildman–Crippen MR) is 90.6 cm³/mol. The third-order valence-electron chi connectivity index (χ3n) is 3.22. The Bertz CT molecular complexity index is 754. The molecule has 0 atom stereocenters. The number of esters is 1. The first-order valence-electron chi connectivity index (χ1n) is 7.16. The van der Waals surface area contributed by atoms with Crippen LogP contribution in [-0.4, -0.2) is 30.6 Å². The highest BCUT2D eigenvalue weighted by atomic mass is 35.5. The Balaban J connectivity index is 2.00. The molecule has 0 aliphatic heterocycles. The molecule has 2 aromatic rings. The lowest BCUT2D eigenvalue weighted by molar-refractivity contribution is -0.119. The van der Waals surface area contributed by atoms with Gasteiger partial charge in [0.05, 0.1) is 18.4 Å². The van der Waals surface area contributed by atoms with Gasteiger partial charge in [0.2, 0.25) is 0 Å². The van der Waals surface area contributed by atoms with Gasteiger partial charge in [-0.15, -0.1) is 0 Å². The lowest BCUT2D eigenvalue weighted by Crippen LogP contribution is -2.22. The van der Waals surface area contributed by atoms with Crippen molar-refractivity contribution in [3.8, 4) is 5.75 Å². The fraction of sp³-hybridized carbons (Fsp3) is 0.235. The zero-order chi connectivity index (χ0) is 17.7. The van der Waals surface area contributed by atoms with Crippen LogP contribution in [0.5, 0.6) is 5.75 Å². The average molecular weight is 349 g/mol. The van der Waals surface area contributed by atoms with Gasteiger partial charge in [0.25, 0.3) is 5.91 Å². The topological polar surface area (TPSA) is 77.5 Å². The number of ether oxygens (including phenoxy) is 2. The molecule has 1 aromatic heterocycles. The number of aromatic nitrogens is 1. The van der Waals surface area contributed by atoms with Gasteiger partial charge in [-0.3, -0.25) is 4.79 Å². The number of aryl methyl sites for hydroxylation is 2. The van der Waals surface area contributed by atoms with Gasteiger partial charge in [0.1, 0.15) is 10.9 Å². The molecule has 2 rings (SSSR count). The molecule has 0 spiro atoms. The summed E-state index contributed by atoms with van der Waals surface area (Å²) in [6, 6.07) is 8.65. The zero-order valence-corrected chi connectivity index (χ0v) is 14.3. The number of amides is 1. The van der Waals surface area contributed by atoms with Crippen LogP contribution in [0.15, 0.2) is 30.3 Å². The lowest BCUT2D eigenvalue weighted by Gasteiger charge is -2.11. The molecule has 0 unspecified atom stereocenters. The minimum Gasteiger partial charge on any atom is -0.495 e. The number of benzene rings is 1. The van der Waals surface area contributed by atoms with Gasteiger partial charge in [-0.05, 0) is 37.6 Å². The van der Waals surface area contributed by atoms with Gasteiger partial charge in [-0.2, -0.15) is 0 Å². The van der Waals surface area contributed by atoms with Crippen LogP contribution in [0.1, 0.15) is 21.6 Å². The van der Waals surface area contributed by atoms with Crippen LogP contribution in [-0.2, 0) is 9.53 Å².